The second kappa shape index (κ2) is 5.95. The lowest BCUT2D eigenvalue weighted by Crippen LogP contribution is -2.38. The van der Waals surface area contributed by atoms with E-state index in [4.69, 9.17) is 5.11 Å². The quantitative estimate of drug-likeness (QED) is 0.911. The van der Waals surface area contributed by atoms with Gasteiger partial charge in [0.15, 0.2) is 5.69 Å². The summed E-state index contributed by atoms with van der Waals surface area (Å²) in [4.78, 5) is 24.7. The zero-order valence-corrected chi connectivity index (χ0v) is 12.4. The van der Waals surface area contributed by atoms with Gasteiger partial charge >= 0.3 is 5.97 Å². The van der Waals surface area contributed by atoms with Crippen molar-refractivity contribution in [3.05, 3.63) is 35.7 Å². The molecule has 0 aliphatic carbocycles. The van der Waals surface area contributed by atoms with Gasteiger partial charge in [-0.2, -0.15) is 5.10 Å². The van der Waals surface area contributed by atoms with Crippen molar-refractivity contribution < 1.29 is 14.7 Å². The van der Waals surface area contributed by atoms with E-state index in [1.54, 1.807) is 16.8 Å². The van der Waals surface area contributed by atoms with Crippen LogP contribution < -0.4 is 0 Å². The molecule has 0 aliphatic rings. The summed E-state index contributed by atoms with van der Waals surface area (Å²) < 4.78 is 1.62. The molecule has 0 spiro atoms. The van der Waals surface area contributed by atoms with Gasteiger partial charge < -0.3 is 10.0 Å². The fourth-order valence-electron chi connectivity index (χ4n) is 2.20. The van der Waals surface area contributed by atoms with Crippen LogP contribution in [0.5, 0.6) is 0 Å². The van der Waals surface area contributed by atoms with Crippen LogP contribution in [0.3, 0.4) is 0 Å². The molecule has 21 heavy (non-hydrogen) atoms. The summed E-state index contributed by atoms with van der Waals surface area (Å²) in [6.07, 6.45) is 1.78. The number of carboxylic acids is 1. The van der Waals surface area contributed by atoms with E-state index in [-0.39, 0.29) is 24.1 Å². The number of nitrogens with zero attached hydrogens (tertiary/aromatic N) is 3. The first-order chi connectivity index (χ1) is 9.86. The molecule has 0 saturated carbocycles. The average molecular weight is 289 g/mol. The number of carboxylic acid groups (broad SMARTS) is 1. The van der Waals surface area contributed by atoms with Crippen LogP contribution in [0, 0.1) is 12.8 Å². The van der Waals surface area contributed by atoms with E-state index in [1.165, 1.54) is 4.90 Å². The molecule has 0 atom stereocenters. The third-order valence-electron chi connectivity index (χ3n) is 3.04. The van der Waals surface area contributed by atoms with Crippen molar-refractivity contribution in [2.75, 3.05) is 13.1 Å². The van der Waals surface area contributed by atoms with Gasteiger partial charge in [0.2, 0.25) is 0 Å². The maximum absolute atomic E-state index is 12.5. The number of aliphatic carboxylic acids is 1. The van der Waals surface area contributed by atoms with Gasteiger partial charge in [-0.25, -0.2) is 4.52 Å². The molecule has 1 amide bonds. The highest BCUT2D eigenvalue weighted by molar-refractivity contribution is 5.95. The number of hydrogen-bond acceptors (Lipinski definition) is 3. The first-order valence-corrected chi connectivity index (χ1v) is 6.84. The molecule has 0 aromatic carbocycles. The molecule has 0 bridgehead atoms. The number of pyridine rings is 1. The summed E-state index contributed by atoms with van der Waals surface area (Å²) in [5, 5.41) is 13.2. The van der Waals surface area contributed by atoms with Crippen molar-refractivity contribution in [2.45, 2.75) is 20.8 Å². The molecule has 2 heterocycles. The zero-order valence-electron chi connectivity index (χ0n) is 12.4. The summed E-state index contributed by atoms with van der Waals surface area (Å²) in [7, 11) is 0. The number of aryl methyl sites for hydroxylation is 1. The topological polar surface area (TPSA) is 74.9 Å². The fourth-order valence-corrected chi connectivity index (χ4v) is 2.20. The van der Waals surface area contributed by atoms with Crippen LogP contribution in [0.4, 0.5) is 0 Å². The summed E-state index contributed by atoms with van der Waals surface area (Å²) >= 11 is 0. The number of aromatic nitrogens is 2. The second-order valence-corrected chi connectivity index (χ2v) is 5.58. The van der Waals surface area contributed by atoms with E-state index in [9.17, 15) is 9.59 Å². The average Bonchev–Trinajstić information content (AvgIpc) is 2.78. The van der Waals surface area contributed by atoms with Crippen molar-refractivity contribution in [1.29, 1.82) is 0 Å². The maximum Gasteiger partial charge on any atom is 0.323 e. The highest BCUT2D eigenvalue weighted by Crippen LogP contribution is 2.12. The van der Waals surface area contributed by atoms with Crippen molar-refractivity contribution in [2.24, 2.45) is 5.92 Å². The molecule has 1 N–H and O–H groups in total. The molecule has 0 saturated heterocycles. The second-order valence-electron chi connectivity index (χ2n) is 5.58. The van der Waals surface area contributed by atoms with Crippen LogP contribution in [0.2, 0.25) is 0 Å². The van der Waals surface area contributed by atoms with Gasteiger partial charge in [-0.15, -0.1) is 0 Å². The number of hydrogen-bond donors (Lipinski definition) is 1. The van der Waals surface area contributed by atoms with Crippen molar-refractivity contribution in [3.8, 4) is 0 Å². The Bertz CT molecular complexity index is 676. The molecule has 0 radical (unpaired) electrons. The molecular weight excluding hydrogens is 270 g/mol. The van der Waals surface area contributed by atoms with Crippen LogP contribution in [0.15, 0.2) is 24.4 Å². The van der Waals surface area contributed by atoms with Crippen LogP contribution in [0.25, 0.3) is 5.52 Å². The lowest BCUT2D eigenvalue weighted by Gasteiger charge is -2.21. The smallest absolute Gasteiger partial charge is 0.323 e. The van der Waals surface area contributed by atoms with Crippen LogP contribution in [-0.2, 0) is 4.79 Å². The number of carbonyl (C=O) groups is 2. The first kappa shape index (κ1) is 15.0. The highest BCUT2D eigenvalue weighted by Gasteiger charge is 2.22. The van der Waals surface area contributed by atoms with Gasteiger partial charge in [-0.1, -0.05) is 13.8 Å². The third-order valence-corrected chi connectivity index (χ3v) is 3.04. The van der Waals surface area contributed by atoms with Crippen molar-refractivity contribution in [3.63, 3.8) is 0 Å². The molecule has 2 rings (SSSR count). The fraction of sp³-hybridized carbons (Fsp3) is 0.400. The Morgan fingerprint density at radius 3 is 2.71 bits per heavy atom. The maximum atomic E-state index is 12.5. The van der Waals surface area contributed by atoms with Gasteiger partial charge in [-0.3, -0.25) is 9.59 Å². The molecule has 0 unspecified atom stereocenters. The Hall–Kier alpha value is -2.37. The van der Waals surface area contributed by atoms with E-state index in [2.05, 4.69) is 5.10 Å². The van der Waals surface area contributed by atoms with E-state index in [1.807, 2.05) is 32.9 Å². The minimum absolute atomic E-state index is 0.188. The predicted octanol–water partition coefficient (Wildman–Crippen LogP) is 1.83. The Morgan fingerprint density at radius 1 is 1.38 bits per heavy atom. The van der Waals surface area contributed by atoms with Gasteiger partial charge in [0.25, 0.3) is 5.91 Å². The van der Waals surface area contributed by atoms with Gasteiger partial charge in [0.1, 0.15) is 6.54 Å². The summed E-state index contributed by atoms with van der Waals surface area (Å²) in [5.41, 5.74) is 2.16. The molecular formula is C15H19N3O3. The van der Waals surface area contributed by atoms with Crippen molar-refractivity contribution >= 4 is 17.4 Å². The summed E-state index contributed by atoms with van der Waals surface area (Å²) in [6, 6.07) is 5.51. The van der Waals surface area contributed by atoms with E-state index < -0.39 is 5.97 Å². The minimum atomic E-state index is -1.02. The number of amides is 1. The van der Waals surface area contributed by atoms with Crippen LogP contribution in [0.1, 0.15) is 29.9 Å². The molecule has 2 aromatic heterocycles. The largest absolute Gasteiger partial charge is 0.480 e. The first-order valence-electron chi connectivity index (χ1n) is 6.84. The van der Waals surface area contributed by atoms with E-state index in [0.29, 0.717) is 6.54 Å². The number of rotatable bonds is 5. The summed E-state index contributed by atoms with van der Waals surface area (Å²) in [6.45, 7) is 5.91. The summed E-state index contributed by atoms with van der Waals surface area (Å²) in [5.74, 6) is -1.19. The van der Waals surface area contributed by atoms with Gasteiger partial charge in [-0.05, 0) is 36.6 Å². The molecule has 6 nitrogen and oxygen atoms in total. The van der Waals surface area contributed by atoms with Crippen molar-refractivity contribution in [1.82, 2.24) is 14.5 Å². The van der Waals surface area contributed by atoms with Gasteiger partial charge in [0.05, 0.1) is 5.52 Å². The molecule has 0 fully saturated rings. The third kappa shape index (κ3) is 3.59. The Kier molecular flexibility index (Phi) is 4.26. The monoisotopic (exact) mass is 289 g/mol. The zero-order chi connectivity index (χ0) is 15.6. The molecule has 0 aliphatic heterocycles. The highest BCUT2D eigenvalue weighted by atomic mass is 16.4. The Morgan fingerprint density at radius 2 is 2.10 bits per heavy atom. The Balaban J connectivity index is 2.30. The molecule has 2 aromatic rings. The van der Waals surface area contributed by atoms with E-state index in [0.717, 1.165) is 11.1 Å². The number of fused-ring (bicyclic) bond motifs is 1. The molecule has 112 valence electrons. The van der Waals surface area contributed by atoms with Gasteiger partial charge in [0, 0.05) is 12.7 Å². The van der Waals surface area contributed by atoms with Crippen LogP contribution >= 0.6 is 0 Å². The normalized spacial score (nSPS) is 11.0. The lowest BCUT2D eigenvalue weighted by atomic mass is 10.2. The van der Waals surface area contributed by atoms with Crippen LogP contribution in [-0.4, -0.2) is 44.6 Å². The standard InChI is InChI=1S/C15H19N3O3/c1-10(2)8-17(9-14(19)20)15(21)13-7-12-6-11(3)4-5-18(12)16-13/h4-7,10H,8-9H2,1-3H3,(H,19,20). The SMILES string of the molecule is Cc1ccn2nc(C(=O)N(CC(=O)O)CC(C)C)cc2c1. The lowest BCUT2D eigenvalue weighted by molar-refractivity contribution is -0.137. The predicted molar refractivity (Wildman–Crippen MR) is 78.3 cm³/mol. The number of carbonyl (C=O) groups excluding carboxylic acids is 1. The minimum Gasteiger partial charge on any atom is -0.480 e. The molecule has 6 heteroatoms. The Labute approximate surface area is 123 Å². The van der Waals surface area contributed by atoms with E-state index >= 15 is 0 Å².